The Morgan fingerprint density at radius 1 is 1.38 bits per heavy atom. The van der Waals surface area contributed by atoms with Crippen LogP contribution in [0.5, 0.6) is 0 Å². The van der Waals surface area contributed by atoms with Crippen LogP contribution in [0.1, 0.15) is 16.7 Å². The van der Waals surface area contributed by atoms with Crippen LogP contribution >= 0.6 is 0 Å². The van der Waals surface area contributed by atoms with Gasteiger partial charge in [-0.05, 0) is 31.0 Å². The molecular weight excluding hydrogens is 202 g/mol. The predicted molar refractivity (Wildman–Crippen MR) is 63.0 cm³/mol. The average molecular weight is 215 g/mol. The fraction of sp³-hybridized carbons (Fsp3) is 0.333. The first-order valence-electron chi connectivity index (χ1n) is 5.41. The Morgan fingerprint density at radius 2 is 2.19 bits per heavy atom. The monoisotopic (exact) mass is 215 g/mol. The molecule has 82 valence electrons. The van der Waals surface area contributed by atoms with Gasteiger partial charge in [-0.15, -0.1) is 0 Å². The second-order valence-corrected chi connectivity index (χ2v) is 4.29. The van der Waals surface area contributed by atoms with Gasteiger partial charge in [0.15, 0.2) is 0 Å². The maximum absolute atomic E-state index is 11.8. The molecule has 1 aromatic carbocycles. The number of hydrogen-bond donors (Lipinski definition) is 1. The van der Waals surface area contributed by atoms with Crippen molar-refractivity contribution in [2.24, 2.45) is 4.99 Å². The Labute approximate surface area is 94.0 Å². The molecule has 3 rings (SSSR count). The van der Waals surface area contributed by atoms with E-state index in [9.17, 15) is 4.79 Å². The second-order valence-electron chi connectivity index (χ2n) is 4.29. The molecule has 0 aromatic heterocycles. The zero-order valence-electron chi connectivity index (χ0n) is 9.37. The largest absolute Gasteiger partial charge is 0.327 e. The van der Waals surface area contributed by atoms with Crippen LogP contribution in [0.25, 0.3) is 0 Å². The van der Waals surface area contributed by atoms with Gasteiger partial charge >= 0.3 is 6.03 Å². The number of anilines is 1. The molecule has 0 fully saturated rings. The summed E-state index contributed by atoms with van der Waals surface area (Å²) in [4.78, 5) is 17.9. The van der Waals surface area contributed by atoms with Gasteiger partial charge in [-0.2, -0.15) is 0 Å². The quantitative estimate of drug-likeness (QED) is 0.706. The molecule has 2 aliphatic heterocycles. The standard InChI is InChI=1S/C12H13N3O/c1-7-5-8(2)10-9(6-7)14-12(16)15-4-3-13-11(10)15/h5-6H,3-4H2,1-2H3,(H,14,16). The van der Waals surface area contributed by atoms with E-state index in [0.29, 0.717) is 13.1 Å². The molecule has 0 atom stereocenters. The minimum absolute atomic E-state index is 0.0613. The topological polar surface area (TPSA) is 44.7 Å². The molecule has 0 saturated carbocycles. The van der Waals surface area contributed by atoms with Crippen molar-refractivity contribution in [3.8, 4) is 0 Å². The van der Waals surface area contributed by atoms with Crippen LogP contribution in [0.15, 0.2) is 17.1 Å². The molecule has 0 saturated heterocycles. The van der Waals surface area contributed by atoms with Crippen LogP contribution in [0, 0.1) is 13.8 Å². The van der Waals surface area contributed by atoms with Crippen LogP contribution in [-0.2, 0) is 0 Å². The number of nitrogens with zero attached hydrogens (tertiary/aromatic N) is 2. The molecule has 1 N–H and O–H groups in total. The molecule has 16 heavy (non-hydrogen) atoms. The van der Waals surface area contributed by atoms with Gasteiger partial charge < -0.3 is 5.32 Å². The van der Waals surface area contributed by atoms with Gasteiger partial charge in [-0.3, -0.25) is 9.89 Å². The Balaban J connectivity index is 2.25. The molecule has 2 heterocycles. The third-order valence-corrected chi connectivity index (χ3v) is 3.03. The highest BCUT2D eigenvalue weighted by Crippen LogP contribution is 2.29. The smallest absolute Gasteiger partial charge is 0.307 e. The maximum atomic E-state index is 11.8. The minimum Gasteiger partial charge on any atom is -0.307 e. The summed E-state index contributed by atoms with van der Waals surface area (Å²) in [6, 6.07) is 4.06. The molecule has 2 aliphatic rings. The van der Waals surface area contributed by atoms with Crippen molar-refractivity contribution in [3.05, 3.63) is 28.8 Å². The third-order valence-electron chi connectivity index (χ3n) is 3.03. The molecule has 0 unspecified atom stereocenters. The number of aliphatic imine (C=N–C) groups is 1. The first-order chi connectivity index (χ1) is 7.66. The maximum Gasteiger partial charge on any atom is 0.327 e. The summed E-state index contributed by atoms with van der Waals surface area (Å²) in [6.07, 6.45) is 0. The van der Waals surface area contributed by atoms with Crippen molar-refractivity contribution in [3.63, 3.8) is 0 Å². The first kappa shape index (κ1) is 9.39. The van der Waals surface area contributed by atoms with E-state index < -0.39 is 0 Å². The Hall–Kier alpha value is -1.84. The lowest BCUT2D eigenvalue weighted by molar-refractivity contribution is 0.235. The highest BCUT2D eigenvalue weighted by atomic mass is 16.2. The van der Waals surface area contributed by atoms with Crippen molar-refractivity contribution in [2.45, 2.75) is 13.8 Å². The summed E-state index contributed by atoms with van der Waals surface area (Å²) >= 11 is 0. The van der Waals surface area contributed by atoms with E-state index in [-0.39, 0.29) is 6.03 Å². The van der Waals surface area contributed by atoms with E-state index in [1.165, 1.54) is 5.56 Å². The third kappa shape index (κ3) is 1.16. The van der Waals surface area contributed by atoms with Crippen molar-refractivity contribution in [2.75, 3.05) is 18.4 Å². The van der Waals surface area contributed by atoms with Gasteiger partial charge in [0, 0.05) is 12.1 Å². The van der Waals surface area contributed by atoms with Gasteiger partial charge in [-0.25, -0.2) is 4.79 Å². The fourth-order valence-electron chi connectivity index (χ4n) is 2.40. The van der Waals surface area contributed by atoms with Crippen molar-refractivity contribution in [1.29, 1.82) is 0 Å². The number of hydrogen-bond acceptors (Lipinski definition) is 2. The summed E-state index contributed by atoms with van der Waals surface area (Å²) < 4.78 is 0. The number of carbonyl (C=O) groups is 1. The minimum atomic E-state index is -0.0613. The molecular formula is C12H13N3O. The van der Waals surface area contributed by atoms with E-state index >= 15 is 0 Å². The van der Waals surface area contributed by atoms with Gasteiger partial charge in [0.05, 0.1) is 12.2 Å². The number of amidine groups is 1. The average Bonchev–Trinajstić information content (AvgIpc) is 2.65. The first-order valence-corrected chi connectivity index (χ1v) is 5.41. The number of benzene rings is 1. The van der Waals surface area contributed by atoms with Gasteiger partial charge in [0.25, 0.3) is 0 Å². The van der Waals surface area contributed by atoms with Gasteiger partial charge in [0.1, 0.15) is 5.84 Å². The van der Waals surface area contributed by atoms with E-state index in [4.69, 9.17) is 0 Å². The number of nitrogens with one attached hydrogen (secondary N) is 1. The molecule has 0 bridgehead atoms. The van der Waals surface area contributed by atoms with E-state index in [2.05, 4.69) is 23.3 Å². The van der Waals surface area contributed by atoms with Gasteiger partial charge in [0.2, 0.25) is 0 Å². The zero-order chi connectivity index (χ0) is 11.3. The van der Waals surface area contributed by atoms with E-state index in [1.54, 1.807) is 4.90 Å². The Kier molecular flexibility index (Phi) is 1.80. The van der Waals surface area contributed by atoms with Crippen LogP contribution in [0.2, 0.25) is 0 Å². The fourth-order valence-corrected chi connectivity index (χ4v) is 2.40. The highest BCUT2D eigenvalue weighted by Gasteiger charge is 2.32. The molecule has 0 aliphatic carbocycles. The Morgan fingerprint density at radius 3 is 3.00 bits per heavy atom. The van der Waals surface area contributed by atoms with Gasteiger partial charge in [-0.1, -0.05) is 6.07 Å². The lowest BCUT2D eigenvalue weighted by Gasteiger charge is -2.28. The number of fused-ring (bicyclic) bond motifs is 3. The Bertz CT molecular complexity index is 519. The highest BCUT2D eigenvalue weighted by molar-refractivity contribution is 6.19. The summed E-state index contributed by atoms with van der Waals surface area (Å²) in [5.41, 5.74) is 4.28. The van der Waals surface area contributed by atoms with E-state index in [1.807, 2.05) is 13.0 Å². The van der Waals surface area contributed by atoms with E-state index in [0.717, 1.165) is 22.6 Å². The predicted octanol–water partition coefficient (Wildman–Crippen LogP) is 1.91. The SMILES string of the molecule is Cc1cc(C)c2c(c1)NC(=O)N1CCN=C21. The normalized spacial score (nSPS) is 17.8. The second kappa shape index (κ2) is 3.07. The van der Waals surface area contributed by atoms with Crippen molar-refractivity contribution < 1.29 is 4.79 Å². The summed E-state index contributed by atoms with van der Waals surface area (Å²) in [6.45, 7) is 5.48. The number of amides is 2. The summed E-state index contributed by atoms with van der Waals surface area (Å²) in [5.74, 6) is 0.830. The van der Waals surface area contributed by atoms with Crippen molar-refractivity contribution >= 4 is 17.6 Å². The molecule has 4 nitrogen and oxygen atoms in total. The molecule has 0 spiro atoms. The molecule has 4 heteroatoms. The number of urea groups is 1. The van der Waals surface area contributed by atoms with Crippen LogP contribution in [0.4, 0.5) is 10.5 Å². The molecule has 2 amide bonds. The lowest BCUT2D eigenvalue weighted by Crippen LogP contribution is -2.42. The van der Waals surface area contributed by atoms with Crippen LogP contribution in [-0.4, -0.2) is 29.9 Å². The van der Waals surface area contributed by atoms with Crippen LogP contribution < -0.4 is 5.32 Å². The number of rotatable bonds is 0. The number of aryl methyl sites for hydroxylation is 2. The lowest BCUT2D eigenvalue weighted by atomic mass is 10.0. The number of carbonyl (C=O) groups excluding carboxylic acids is 1. The van der Waals surface area contributed by atoms with Crippen LogP contribution in [0.3, 0.4) is 0 Å². The van der Waals surface area contributed by atoms with Crippen molar-refractivity contribution in [1.82, 2.24) is 4.90 Å². The molecule has 1 aromatic rings. The summed E-state index contributed by atoms with van der Waals surface area (Å²) in [5, 5.41) is 2.92. The molecule has 0 radical (unpaired) electrons. The zero-order valence-corrected chi connectivity index (χ0v) is 9.37. The summed E-state index contributed by atoms with van der Waals surface area (Å²) in [7, 11) is 0.